The molecule has 3 heterocycles. The second kappa shape index (κ2) is 10.7. The number of aromatic nitrogens is 1. The molecule has 36 heavy (non-hydrogen) atoms. The van der Waals surface area contributed by atoms with Crippen molar-refractivity contribution >= 4 is 28.8 Å². The first-order chi connectivity index (χ1) is 17.2. The third-order valence-electron chi connectivity index (χ3n) is 6.34. The van der Waals surface area contributed by atoms with E-state index in [1.54, 1.807) is 16.2 Å². The number of anilines is 1. The van der Waals surface area contributed by atoms with E-state index < -0.39 is 17.8 Å². The summed E-state index contributed by atoms with van der Waals surface area (Å²) in [7, 11) is 1.21. The summed E-state index contributed by atoms with van der Waals surface area (Å²) < 4.78 is 44.4. The SMILES string of the molecule is COc1cc(C(=O)N2CCC(c3ccc(NC(=O)C(C)c4cccs4)cc3)CC2)cc(C(F)(F)F)n1. The first-order valence-electron chi connectivity index (χ1n) is 11.5. The number of piperidine rings is 1. The molecule has 0 bridgehead atoms. The number of nitrogens with one attached hydrogen (secondary N) is 1. The molecule has 2 amide bonds. The zero-order chi connectivity index (χ0) is 25.9. The predicted octanol–water partition coefficient (Wildman–Crippen LogP) is 5.93. The topological polar surface area (TPSA) is 71.5 Å². The van der Waals surface area contributed by atoms with Gasteiger partial charge in [-0.1, -0.05) is 18.2 Å². The van der Waals surface area contributed by atoms with Crippen LogP contribution >= 0.6 is 11.3 Å². The Morgan fingerprint density at radius 2 is 1.83 bits per heavy atom. The van der Waals surface area contributed by atoms with Crippen LogP contribution in [-0.4, -0.2) is 41.9 Å². The number of thiophene rings is 1. The molecule has 6 nitrogen and oxygen atoms in total. The Balaban J connectivity index is 1.36. The maximum Gasteiger partial charge on any atom is 0.433 e. The summed E-state index contributed by atoms with van der Waals surface area (Å²) in [5, 5.41) is 4.89. The van der Waals surface area contributed by atoms with Gasteiger partial charge in [0.2, 0.25) is 11.8 Å². The number of pyridine rings is 1. The molecule has 1 N–H and O–H groups in total. The molecule has 3 aromatic rings. The highest BCUT2D eigenvalue weighted by atomic mass is 32.1. The molecule has 1 fully saturated rings. The van der Waals surface area contributed by atoms with Gasteiger partial charge in [0.05, 0.1) is 13.0 Å². The Bertz CT molecular complexity index is 1210. The maximum atomic E-state index is 13.2. The van der Waals surface area contributed by atoms with Gasteiger partial charge in [-0.05, 0) is 60.9 Å². The van der Waals surface area contributed by atoms with E-state index in [4.69, 9.17) is 4.74 Å². The Labute approximate surface area is 211 Å². The number of likely N-dealkylation sites (tertiary alicyclic amines) is 1. The zero-order valence-electron chi connectivity index (χ0n) is 19.8. The lowest BCUT2D eigenvalue weighted by atomic mass is 9.89. The molecule has 1 aromatic carbocycles. The number of carbonyl (C=O) groups is 2. The van der Waals surface area contributed by atoms with E-state index in [1.165, 1.54) is 13.2 Å². The van der Waals surface area contributed by atoms with Crippen LogP contribution in [0, 0.1) is 0 Å². The van der Waals surface area contributed by atoms with Crippen LogP contribution in [0.15, 0.2) is 53.9 Å². The second-order valence-corrected chi connectivity index (χ2v) is 9.68. The van der Waals surface area contributed by atoms with Crippen molar-refractivity contribution in [3.63, 3.8) is 0 Å². The first kappa shape index (κ1) is 25.7. The number of hydrogen-bond acceptors (Lipinski definition) is 5. The lowest BCUT2D eigenvalue weighted by molar-refractivity contribution is -0.141. The van der Waals surface area contributed by atoms with E-state index >= 15 is 0 Å². The number of carbonyl (C=O) groups excluding carboxylic acids is 2. The van der Waals surface area contributed by atoms with Gasteiger partial charge in [0.15, 0.2) is 0 Å². The molecule has 10 heteroatoms. The number of halogens is 3. The van der Waals surface area contributed by atoms with Gasteiger partial charge < -0.3 is 15.0 Å². The fourth-order valence-corrected chi connectivity index (χ4v) is 5.02. The highest BCUT2D eigenvalue weighted by Crippen LogP contribution is 2.32. The molecule has 1 saturated heterocycles. The van der Waals surface area contributed by atoms with Crippen molar-refractivity contribution in [1.82, 2.24) is 9.88 Å². The van der Waals surface area contributed by atoms with Crippen LogP contribution in [0.2, 0.25) is 0 Å². The van der Waals surface area contributed by atoms with E-state index in [0.29, 0.717) is 31.6 Å². The van der Waals surface area contributed by atoms with Gasteiger partial charge in [0, 0.05) is 35.3 Å². The standard InChI is InChI=1S/C26H26F3N3O3S/c1-16(21-4-3-13-36-21)24(33)30-20-7-5-17(6-8-20)18-9-11-32(12-10-18)25(34)19-14-22(26(27,28)29)31-23(15-19)35-2/h3-8,13-16,18H,9-12H2,1-2H3,(H,30,33). The predicted molar refractivity (Wildman–Crippen MR) is 131 cm³/mol. The van der Waals surface area contributed by atoms with Crippen molar-refractivity contribution < 1.29 is 27.5 Å². The van der Waals surface area contributed by atoms with E-state index in [2.05, 4.69) is 10.3 Å². The minimum Gasteiger partial charge on any atom is -0.481 e. The summed E-state index contributed by atoms with van der Waals surface area (Å²) in [6, 6.07) is 13.5. The molecule has 2 aromatic heterocycles. The van der Waals surface area contributed by atoms with E-state index in [0.717, 1.165) is 16.5 Å². The molecular weight excluding hydrogens is 491 g/mol. The number of amides is 2. The van der Waals surface area contributed by atoms with Gasteiger partial charge in [0.1, 0.15) is 5.69 Å². The van der Waals surface area contributed by atoms with Crippen LogP contribution in [0.4, 0.5) is 18.9 Å². The van der Waals surface area contributed by atoms with E-state index in [1.807, 2.05) is 48.7 Å². The van der Waals surface area contributed by atoms with Crippen molar-refractivity contribution in [2.75, 3.05) is 25.5 Å². The number of benzene rings is 1. The van der Waals surface area contributed by atoms with E-state index in [-0.39, 0.29) is 29.2 Å². The van der Waals surface area contributed by atoms with Crippen molar-refractivity contribution in [1.29, 1.82) is 0 Å². The maximum absolute atomic E-state index is 13.2. The van der Waals surface area contributed by atoms with E-state index in [9.17, 15) is 22.8 Å². The van der Waals surface area contributed by atoms with Crippen LogP contribution in [0.25, 0.3) is 0 Å². The normalized spacial score (nSPS) is 15.4. The van der Waals surface area contributed by atoms with Crippen molar-refractivity contribution in [3.05, 3.63) is 75.6 Å². The largest absolute Gasteiger partial charge is 0.481 e. The van der Waals surface area contributed by atoms with Crippen LogP contribution in [-0.2, 0) is 11.0 Å². The quantitative estimate of drug-likeness (QED) is 0.440. The molecule has 0 radical (unpaired) electrons. The van der Waals surface area contributed by atoms with Crippen LogP contribution in [0.5, 0.6) is 5.88 Å². The van der Waals surface area contributed by atoms with Crippen LogP contribution in [0.1, 0.15) is 58.1 Å². The lowest BCUT2D eigenvalue weighted by Gasteiger charge is -2.32. The van der Waals surface area contributed by atoms with Gasteiger partial charge >= 0.3 is 6.18 Å². The number of nitrogens with zero attached hydrogens (tertiary/aromatic N) is 2. The minimum absolute atomic E-state index is 0.0709. The number of methoxy groups -OCH3 is 1. The summed E-state index contributed by atoms with van der Waals surface area (Å²) in [4.78, 5) is 31.4. The Hall–Kier alpha value is -3.40. The summed E-state index contributed by atoms with van der Waals surface area (Å²) in [5.74, 6) is -0.822. The Kier molecular flexibility index (Phi) is 7.63. The molecule has 1 unspecified atom stereocenters. The number of rotatable bonds is 6. The molecular formula is C26H26F3N3O3S. The van der Waals surface area contributed by atoms with Gasteiger partial charge in [-0.2, -0.15) is 13.2 Å². The summed E-state index contributed by atoms with van der Waals surface area (Å²) in [6.45, 7) is 2.72. The first-order valence-corrected chi connectivity index (χ1v) is 12.4. The molecule has 1 atom stereocenters. The van der Waals surface area contributed by atoms with Crippen molar-refractivity contribution in [2.24, 2.45) is 0 Å². The molecule has 0 aliphatic carbocycles. The van der Waals surface area contributed by atoms with Crippen molar-refractivity contribution in [3.8, 4) is 5.88 Å². The number of ether oxygens (including phenoxy) is 1. The third-order valence-corrected chi connectivity index (χ3v) is 7.40. The second-order valence-electron chi connectivity index (χ2n) is 8.70. The van der Waals surface area contributed by atoms with Crippen LogP contribution < -0.4 is 10.1 Å². The average Bonchev–Trinajstić information content (AvgIpc) is 3.42. The molecule has 0 saturated carbocycles. The number of alkyl halides is 3. The molecule has 4 rings (SSSR count). The minimum atomic E-state index is -4.68. The van der Waals surface area contributed by atoms with Gasteiger partial charge in [-0.15, -0.1) is 11.3 Å². The van der Waals surface area contributed by atoms with Gasteiger partial charge in [-0.25, -0.2) is 4.98 Å². The van der Waals surface area contributed by atoms with Crippen LogP contribution in [0.3, 0.4) is 0 Å². The fourth-order valence-electron chi connectivity index (χ4n) is 4.23. The molecule has 0 spiro atoms. The van der Waals surface area contributed by atoms with Gasteiger partial charge in [0.25, 0.3) is 5.91 Å². The monoisotopic (exact) mass is 517 g/mol. The summed E-state index contributed by atoms with van der Waals surface area (Å²) in [5.41, 5.74) is 0.560. The van der Waals surface area contributed by atoms with Crippen molar-refractivity contribution in [2.45, 2.75) is 37.8 Å². The third kappa shape index (κ3) is 5.87. The zero-order valence-corrected chi connectivity index (χ0v) is 20.7. The molecule has 1 aliphatic rings. The highest BCUT2D eigenvalue weighted by Gasteiger charge is 2.35. The lowest BCUT2D eigenvalue weighted by Crippen LogP contribution is -2.38. The fraction of sp³-hybridized carbons (Fsp3) is 0.346. The average molecular weight is 518 g/mol. The molecule has 190 valence electrons. The Morgan fingerprint density at radius 3 is 2.42 bits per heavy atom. The Morgan fingerprint density at radius 1 is 1.14 bits per heavy atom. The molecule has 1 aliphatic heterocycles. The highest BCUT2D eigenvalue weighted by molar-refractivity contribution is 7.10. The smallest absolute Gasteiger partial charge is 0.433 e. The summed E-state index contributed by atoms with van der Waals surface area (Å²) >= 11 is 1.55. The van der Waals surface area contributed by atoms with Gasteiger partial charge in [-0.3, -0.25) is 9.59 Å². The summed E-state index contributed by atoms with van der Waals surface area (Å²) in [6.07, 6.45) is -3.31. The number of hydrogen-bond donors (Lipinski definition) is 1.